The molecule has 1 atom stereocenters. The average molecular weight is 439 g/mol. The SMILES string of the molecule is CN(C)c1ncc(-c2ccc(C(N)=O)cc2)c([C@@H]2CCCN2C(=O)CN2CCOCC2)n1. The maximum absolute atomic E-state index is 13.2. The number of carbonyl (C=O) groups is 2. The summed E-state index contributed by atoms with van der Waals surface area (Å²) in [6, 6.07) is 7.00. The first-order valence-electron chi connectivity index (χ1n) is 11.0. The highest BCUT2D eigenvalue weighted by Gasteiger charge is 2.34. The van der Waals surface area contributed by atoms with Crippen LogP contribution >= 0.6 is 0 Å². The molecule has 0 spiro atoms. The monoisotopic (exact) mass is 438 g/mol. The number of aromatic nitrogens is 2. The van der Waals surface area contributed by atoms with Gasteiger partial charge in [0, 0.05) is 51.1 Å². The lowest BCUT2D eigenvalue weighted by Gasteiger charge is -2.31. The maximum Gasteiger partial charge on any atom is 0.248 e. The fourth-order valence-electron chi connectivity index (χ4n) is 4.28. The van der Waals surface area contributed by atoms with Crippen LogP contribution in [0.5, 0.6) is 0 Å². The van der Waals surface area contributed by atoms with E-state index in [-0.39, 0.29) is 11.9 Å². The number of rotatable bonds is 6. The molecule has 2 fully saturated rings. The van der Waals surface area contributed by atoms with Gasteiger partial charge in [-0.15, -0.1) is 0 Å². The fourth-order valence-corrected chi connectivity index (χ4v) is 4.28. The van der Waals surface area contributed by atoms with Gasteiger partial charge in [0.15, 0.2) is 0 Å². The third kappa shape index (κ3) is 4.73. The van der Waals surface area contributed by atoms with Crippen molar-refractivity contribution in [3.8, 4) is 11.1 Å². The van der Waals surface area contributed by atoms with E-state index in [4.69, 9.17) is 15.5 Å². The first kappa shape index (κ1) is 22.2. The van der Waals surface area contributed by atoms with Crippen LogP contribution in [-0.2, 0) is 9.53 Å². The number of nitrogens with two attached hydrogens (primary N) is 1. The Hall–Kier alpha value is -3.04. The van der Waals surface area contributed by atoms with E-state index in [1.807, 2.05) is 36.0 Å². The molecule has 170 valence electrons. The molecule has 3 heterocycles. The lowest BCUT2D eigenvalue weighted by atomic mass is 9.98. The summed E-state index contributed by atoms with van der Waals surface area (Å²) in [5, 5.41) is 0. The van der Waals surface area contributed by atoms with E-state index >= 15 is 0 Å². The van der Waals surface area contributed by atoms with E-state index in [9.17, 15) is 9.59 Å². The number of ether oxygens (including phenoxy) is 1. The van der Waals surface area contributed by atoms with Crippen LogP contribution in [0.3, 0.4) is 0 Å². The molecule has 0 unspecified atom stereocenters. The largest absolute Gasteiger partial charge is 0.379 e. The Morgan fingerprint density at radius 2 is 1.88 bits per heavy atom. The van der Waals surface area contributed by atoms with E-state index < -0.39 is 5.91 Å². The molecule has 2 amide bonds. The van der Waals surface area contributed by atoms with E-state index in [2.05, 4.69) is 9.88 Å². The molecule has 4 rings (SSSR count). The molecule has 1 aromatic carbocycles. The van der Waals surface area contributed by atoms with Gasteiger partial charge in [0.2, 0.25) is 17.8 Å². The molecule has 9 nitrogen and oxygen atoms in total. The average Bonchev–Trinajstić information content (AvgIpc) is 3.29. The van der Waals surface area contributed by atoms with Gasteiger partial charge in [0.05, 0.1) is 31.5 Å². The number of amides is 2. The van der Waals surface area contributed by atoms with E-state index in [1.54, 1.807) is 18.3 Å². The number of primary amides is 1. The molecule has 2 aliphatic rings. The van der Waals surface area contributed by atoms with Crippen LogP contribution in [0.4, 0.5) is 5.95 Å². The molecule has 2 saturated heterocycles. The van der Waals surface area contributed by atoms with Crippen molar-refractivity contribution in [2.45, 2.75) is 18.9 Å². The number of anilines is 1. The summed E-state index contributed by atoms with van der Waals surface area (Å²) >= 11 is 0. The topological polar surface area (TPSA) is 105 Å². The normalized spacial score (nSPS) is 19.2. The lowest BCUT2D eigenvalue weighted by Crippen LogP contribution is -2.44. The standard InChI is InChI=1S/C23H30N6O3/c1-27(2)23-25-14-18(16-5-7-17(8-6-16)22(24)31)21(26-23)19-4-3-9-29(19)20(30)15-28-10-12-32-13-11-28/h5-8,14,19H,3-4,9-13,15H2,1-2H3,(H2,24,31)/t19-/m0/s1. The van der Waals surface area contributed by atoms with Gasteiger partial charge in [-0.1, -0.05) is 12.1 Å². The summed E-state index contributed by atoms with van der Waals surface area (Å²) in [6.07, 6.45) is 3.59. The number of nitrogens with zero attached hydrogens (tertiary/aromatic N) is 5. The number of likely N-dealkylation sites (tertiary alicyclic amines) is 1. The molecule has 0 radical (unpaired) electrons. The van der Waals surface area contributed by atoms with Crippen molar-refractivity contribution in [1.29, 1.82) is 0 Å². The summed E-state index contributed by atoms with van der Waals surface area (Å²) in [5.74, 6) is 0.256. The Kier molecular flexibility index (Phi) is 6.66. The molecule has 9 heteroatoms. The molecule has 2 aliphatic heterocycles. The van der Waals surface area contributed by atoms with Gasteiger partial charge in [0.1, 0.15) is 0 Å². The zero-order valence-electron chi connectivity index (χ0n) is 18.7. The number of carbonyl (C=O) groups excluding carboxylic acids is 2. The minimum atomic E-state index is -0.466. The van der Waals surface area contributed by atoms with Crippen LogP contribution < -0.4 is 10.6 Å². The second-order valence-corrected chi connectivity index (χ2v) is 8.44. The molecule has 32 heavy (non-hydrogen) atoms. The zero-order valence-corrected chi connectivity index (χ0v) is 18.7. The zero-order chi connectivity index (χ0) is 22.7. The molecular formula is C23H30N6O3. The van der Waals surface area contributed by atoms with Crippen LogP contribution in [0.15, 0.2) is 30.5 Å². The molecule has 2 aromatic rings. The summed E-state index contributed by atoms with van der Waals surface area (Å²) < 4.78 is 5.40. The first-order valence-corrected chi connectivity index (χ1v) is 11.0. The smallest absolute Gasteiger partial charge is 0.248 e. The van der Waals surface area contributed by atoms with Gasteiger partial charge in [-0.25, -0.2) is 9.97 Å². The Balaban J connectivity index is 1.65. The quantitative estimate of drug-likeness (QED) is 0.725. The van der Waals surface area contributed by atoms with Crippen LogP contribution in [0.25, 0.3) is 11.1 Å². The van der Waals surface area contributed by atoms with Crippen molar-refractivity contribution in [2.24, 2.45) is 5.73 Å². The van der Waals surface area contributed by atoms with Crippen LogP contribution in [-0.4, -0.2) is 85.1 Å². The van der Waals surface area contributed by atoms with E-state index in [0.717, 1.165) is 49.3 Å². The Morgan fingerprint density at radius 3 is 2.53 bits per heavy atom. The summed E-state index contributed by atoms with van der Waals surface area (Å²) in [5.41, 5.74) is 8.43. The highest BCUT2D eigenvalue weighted by atomic mass is 16.5. The van der Waals surface area contributed by atoms with Crippen molar-refractivity contribution < 1.29 is 14.3 Å². The Morgan fingerprint density at radius 1 is 1.16 bits per heavy atom. The third-order valence-electron chi connectivity index (χ3n) is 6.04. The molecule has 2 N–H and O–H groups in total. The first-order chi connectivity index (χ1) is 15.4. The van der Waals surface area contributed by atoms with Gasteiger partial charge in [-0.2, -0.15) is 0 Å². The maximum atomic E-state index is 13.2. The minimum absolute atomic E-state index is 0.115. The number of morpholine rings is 1. The number of benzene rings is 1. The number of hydrogen-bond donors (Lipinski definition) is 1. The number of hydrogen-bond acceptors (Lipinski definition) is 7. The van der Waals surface area contributed by atoms with Crippen molar-refractivity contribution in [3.63, 3.8) is 0 Å². The van der Waals surface area contributed by atoms with Crippen molar-refractivity contribution in [3.05, 3.63) is 41.7 Å². The Labute approximate surface area is 188 Å². The van der Waals surface area contributed by atoms with Gasteiger partial charge in [-0.05, 0) is 30.5 Å². The second-order valence-electron chi connectivity index (χ2n) is 8.44. The minimum Gasteiger partial charge on any atom is -0.379 e. The predicted molar refractivity (Wildman–Crippen MR) is 121 cm³/mol. The molecule has 0 aliphatic carbocycles. The van der Waals surface area contributed by atoms with Crippen molar-refractivity contribution in [1.82, 2.24) is 19.8 Å². The van der Waals surface area contributed by atoms with Gasteiger partial charge >= 0.3 is 0 Å². The van der Waals surface area contributed by atoms with Crippen LogP contribution in [0.2, 0.25) is 0 Å². The summed E-state index contributed by atoms with van der Waals surface area (Å²) in [7, 11) is 3.80. The predicted octanol–water partition coefficient (Wildman–Crippen LogP) is 1.30. The van der Waals surface area contributed by atoms with Gasteiger partial charge in [-0.3, -0.25) is 14.5 Å². The Bertz CT molecular complexity index is 972. The second kappa shape index (κ2) is 9.62. The highest BCUT2D eigenvalue weighted by Crippen LogP contribution is 2.37. The lowest BCUT2D eigenvalue weighted by molar-refractivity contribution is -0.134. The highest BCUT2D eigenvalue weighted by molar-refractivity contribution is 5.93. The van der Waals surface area contributed by atoms with Crippen LogP contribution in [0.1, 0.15) is 34.9 Å². The molecule has 0 bridgehead atoms. The molecule has 1 aromatic heterocycles. The molecule has 0 saturated carbocycles. The van der Waals surface area contributed by atoms with Crippen molar-refractivity contribution in [2.75, 3.05) is 58.4 Å². The van der Waals surface area contributed by atoms with Crippen LogP contribution in [0, 0.1) is 0 Å². The summed E-state index contributed by atoms with van der Waals surface area (Å²) in [4.78, 5) is 40.0. The third-order valence-corrected chi connectivity index (χ3v) is 6.04. The molecular weight excluding hydrogens is 408 g/mol. The van der Waals surface area contributed by atoms with E-state index in [1.165, 1.54) is 0 Å². The van der Waals surface area contributed by atoms with Gasteiger partial charge in [0.25, 0.3) is 0 Å². The van der Waals surface area contributed by atoms with Crippen molar-refractivity contribution >= 4 is 17.8 Å². The fraction of sp³-hybridized carbons (Fsp3) is 0.478. The van der Waals surface area contributed by atoms with E-state index in [0.29, 0.717) is 31.3 Å². The summed E-state index contributed by atoms with van der Waals surface area (Å²) in [6.45, 7) is 4.00. The van der Waals surface area contributed by atoms with Gasteiger partial charge < -0.3 is 20.3 Å².